The molecule has 1 aromatic heterocycles. The van der Waals surface area contributed by atoms with Crippen molar-refractivity contribution in [2.45, 2.75) is 11.5 Å². The van der Waals surface area contributed by atoms with E-state index in [0.29, 0.717) is 11.5 Å². The molecule has 0 saturated carbocycles. The van der Waals surface area contributed by atoms with E-state index in [0.717, 1.165) is 5.56 Å². The molecule has 0 spiro atoms. The quantitative estimate of drug-likeness (QED) is 0.462. The first-order valence-corrected chi connectivity index (χ1v) is 9.86. The van der Waals surface area contributed by atoms with Crippen LogP contribution in [0.3, 0.4) is 0 Å². The second-order valence-electron chi connectivity index (χ2n) is 5.79. The second-order valence-corrected chi connectivity index (χ2v) is 7.56. The van der Waals surface area contributed by atoms with Gasteiger partial charge in [-0.2, -0.15) is 0 Å². The smallest absolute Gasteiger partial charge is 0.338 e. The number of carbonyl (C=O) groups excluding carboxylic acids is 1. The van der Waals surface area contributed by atoms with Crippen molar-refractivity contribution in [1.82, 2.24) is 9.88 Å². The Bertz CT molecular complexity index is 1070. The average molecular weight is 398 g/mol. The summed E-state index contributed by atoms with van der Waals surface area (Å²) in [5.74, 6) is -0.0990. The molecular weight excluding hydrogens is 380 g/mol. The van der Waals surface area contributed by atoms with Crippen molar-refractivity contribution >= 4 is 16.0 Å². The van der Waals surface area contributed by atoms with Crippen molar-refractivity contribution < 1.29 is 22.5 Å². The van der Waals surface area contributed by atoms with E-state index in [9.17, 15) is 13.2 Å². The van der Waals surface area contributed by atoms with Crippen LogP contribution in [0.25, 0.3) is 11.3 Å². The zero-order valence-electron chi connectivity index (χ0n) is 14.9. The minimum Gasteiger partial charge on any atom is -0.455 e. The van der Waals surface area contributed by atoms with E-state index >= 15 is 0 Å². The molecule has 3 aromatic rings. The van der Waals surface area contributed by atoms with Crippen LogP contribution in [0.15, 0.2) is 82.7 Å². The number of hydrogen-bond acceptors (Lipinski definition) is 6. The number of benzene rings is 2. The van der Waals surface area contributed by atoms with Gasteiger partial charge in [0.05, 0.1) is 10.5 Å². The first kappa shape index (κ1) is 19.5. The number of esters is 1. The van der Waals surface area contributed by atoms with Gasteiger partial charge in [0.1, 0.15) is 12.3 Å². The van der Waals surface area contributed by atoms with Crippen LogP contribution in [0.2, 0.25) is 0 Å². The maximum Gasteiger partial charge on any atom is 0.338 e. The highest BCUT2D eigenvalue weighted by atomic mass is 32.2. The third-order valence-corrected chi connectivity index (χ3v) is 5.19. The fourth-order valence-electron chi connectivity index (χ4n) is 2.38. The van der Waals surface area contributed by atoms with Crippen molar-refractivity contribution in [2.75, 3.05) is 6.54 Å². The summed E-state index contributed by atoms with van der Waals surface area (Å²) in [7, 11) is -3.73. The van der Waals surface area contributed by atoms with Crippen LogP contribution in [0.4, 0.5) is 0 Å². The van der Waals surface area contributed by atoms with Gasteiger partial charge in [-0.3, -0.25) is 0 Å². The summed E-state index contributed by atoms with van der Waals surface area (Å²) in [6, 6.07) is 16.7. The van der Waals surface area contributed by atoms with Crippen molar-refractivity contribution in [3.05, 3.63) is 84.6 Å². The van der Waals surface area contributed by atoms with Crippen LogP contribution >= 0.6 is 0 Å². The van der Waals surface area contributed by atoms with Gasteiger partial charge in [0.25, 0.3) is 0 Å². The molecule has 3 rings (SSSR count). The third-order valence-electron chi connectivity index (χ3n) is 3.77. The molecule has 0 aliphatic rings. The number of rotatable bonds is 8. The topological polar surface area (TPSA) is 98.5 Å². The van der Waals surface area contributed by atoms with Crippen molar-refractivity contribution in [3.63, 3.8) is 0 Å². The van der Waals surface area contributed by atoms with Crippen LogP contribution in [0.5, 0.6) is 0 Å². The summed E-state index contributed by atoms with van der Waals surface area (Å²) in [6.07, 6.45) is 1.43. The summed E-state index contributed by atoms with van der Waals surface area (Å²) in [4.78, 5) is 12.2. The lowest BCUT2D eigenvalue weighted by atomic mass is 10.2. The number of ether oxygens (including phenoxy) is 1. The Morgan fingerprint density at radius 3 is 2.68 bits per heavy atom. The molecule has 0 radical (unpaired) electrons. The lowest BCUT2D eigenvalue weighted by Crippen LogP contribution is -2.23. The van der Waals surface area contributed by atoms with Gasteiger partial charge in [-0.25, -0.2) is 17.9 Å². The Morgan fingerprint density at radius 2 is 1.93 bits per heavy atom. The number of aromatic nitrogens is 1. The highest BCUT2D eigenvalue weighted by Crippen LogP contribution is 2.20. The number of hydrogen-bond donors (Lipinski definition) is 1. The molecule has 1 N–H and O–H groups in total. The van der Waals surface area contributed by atoms with Gasteiger partial charge in [0.2, 0.25) is 10.0 Å². The van der Waals surface area contributed by atoms with E-state index in [1.165, 1.54) is 30.3 Å². The molecule has 2 aromatic carbocycles. The lowest BCUT2D eigenvalue weighted by Gasteiger charge is -2.07. The molecular formula is C20H18N2O5S. The number of carbonyl (C=O) groups is 1. The molecule has 8 heteroatoms. The highest BCUT2D eigenvalue weighted by Gasteiger charge is 2.17. The molecule has 0 aliphatic heterocycles. The van der Waals surface area contributed by atoms with Crippen LogP contribution in [-0.2, 0) is 21.4 Å². The molecule has 144 valence electrons. The van der Waals surface area contributed by atoms with E-state index in [1.54, 1.807) is 6.07 Å². The van der Waals surface area contributed by atoms with Gasteiger partial charge in [-0.15, -0.1) is 6.58 Å². The average Bonchev–Trinajstić information content (AvgIpc) is 3.20. The maximum atomic E-state index is 12.3. The SMILES string of the molecule is C=CCNS(=O)(=O)c1cccc(C(=O)OCc2cc(-c3ccccc3)on2)c1. The lowest BCUT2D eigenvalue weighted by molar-refractivity contribution is 0.0464. The normalized spacial score (nSPS) is 11.1. The minimum atomic E-state index is -3.73. The Labute approximate surface area is 162 Å². The van der Waals surface area contributed by atoms with Crippen LogP contribution in [0.1, 0.15) is 16.1 Å². The standard InChI is InChI=1S/C20H18N2O5S/c1-2-11-21-28(24,25)18-10-6-9-16(12-18)20(23)26-14-17-13-19(27-22-17)15-7-4-3-5-8-15/h2-10,12-13,21H,1,11,14H2. The van der Waals surface area contributed by atoms with Gasteiger partial charge >= 0.3 is 5.97 Å². The molecule has 0 fully saturated rings. The summed E-state index contributed by atoms with van der Waals surface area (Å²) in [6.45, 7) is 3.46. The Balaban J connectivity index is 1.67. The zero-order valence-corrected chi connectivity index (χ0v) is 15.7. The molecule has 1 heterocycles. The summed E-state index contributed by atoms with van der Waals surface area (Å²) in [5, 5.41) is 3.88. The summed E-state index contributed by atoms with van der Waals surface area (Å²) >= 11 is 0. The Morgan fingerprint density at radius 1 is 1.14 bits per heavy atom. The van der Waals surface area contributed by atoms with Crippen LogP contribution in [0, 0.1) is 0 Å². The van der Waals surface area contributed by atoms with Crippen molar-refractivity contribution in [2.24, 2.45) is 0 Å². The van der Waals surface area contributed by atoms with Gasteiger partial charge in [-0.1, -0.05) is 47.6 Å². The minimum absolute atomic E-state index is 0.0309. The predicted octanol–water partition coefficient (Wildman–Crippen LogP) is 3.16. The molecule has 0 amide bonds. The first-order valence-electron chi connectivity index (χ1n) is 8.38. The van der Waals surface area contributed by atoms with Crippen molar-refractivity contribution in [1.29, 1.82) is 0 Å². The van der Waals surface area contributed by atoms with Gasteiger partial charge in [0, 0.05) is 18.2 Å². The van der Waals surface area contributed by atoms with E-state index in [2.05, 4.69) is 16.5 Å². The van der Waals surface area contributed by atoms with Gasteiger partial charge in [0.15, 0.2) is 5.76 Å². The number of sulfonamides is 1. The molecule has 28 heavy (non-hydrogen) atoms. The largest absolute Gasteiger partial charge is 0.455 e. The molecule has 0 saturated heterocycles. The monoisotopic (exact) mass is 398 g/mol. The van der Waals surface area contributed by atoms with E-state index in [1.807, 2.05) is 30.3 Å². The van der Waals surface area contributed by atoms with Gasteiger partial charge in [-0.05, 0) is 18.2 Å². The second kappa shape index (κ2) is 8.64. The fourth-order valence-corrected chi connectivity index (χ4v) is 3.43. The molecule has 0 aliphatic carbocycles. The van der Waals surface area contributed by atoms with Crippen LogP contribution in [-0.4, -0.2) is 26.1 Å². The van der Waals surface area contributed by atoms with E-state index in [4.69, 9.17) is 9.26 Å². The zero-order chi connectivity index (χ0) is 20.0. The molecule has 0 unspecified atom stereocenters. The maximum absolute atomic E-state index is 12.3. The predicted molar refractivity (Wildman–Crippen MR) is 103 cm³/mol. The third kappa shape index (κ3) is 4.73. The van der Waals surface area contributed by atoms with Crippen LogP contribution < -0.4 is 4.72 Å². The van der Waals surface area contributed by atoms with Crippen molar-refractivity contribution in [3.8, 4) is 11.3 Å². The molecule has 0 bridgehead atoms. The fraction of sp³-hybridized carbons (Fsp3) is 0.100. The number of nitrogens with one attached hydrogen (secondary N) is 1. The summed E-state index contributed by atoms with van der Waals surface area (Å²) in [5.41, 5.74) is 1.43. The first-order chi connectivity index (χ1) is 13.5. The molecule has 0 atom stereocenters. The van der Waals surface area contributed by atoms with Gasteiger partial charge < -0.3 is 9.26 Å². The van der Waals surface area contributed by atoms with E-state index < -0.39 is 16.0 Å². The Kier molecular flexibility index (Phi) is 6.03. The molecule has 7 nitrogen and oxygen atoms in total. The van der Waals surface area contributed by atoms with E-state index in [-0.39, 0.29) is 23.6 Å². The highest BCUT2D eigenvalue weighted by molar-refractivity contribution is 7.89. The summed E-state index contributed by atoms with van der Waals surface area (Å²) < 4.78 is 37.1. The number of nitrogens with zero attached hydrogens (tertiary/aromatic N) is 1. The Hall–Kier alpha value is -3.23.